The highest BCUT2D eigenvalue weighted by atomic mass is 16.1. The molecule has 2 N–H and O–H groups in total. The average Bonchev–Trinajstić information content (AvgIpc) is 2.36. The fourth-order valence-corrected chi connectivity index (χ4v) is 1.44. The molecule has 1 rings (SSSR count). The molecule has 0 aliphatic heterocycles. The molecule has 0 bridgehead atoms. The Bertz CT molecular complexity index is 340. The minimum absolute atomic E-state index is 0.0178. The van der Waals surface area contributed by atoms with Crippen molar-refractivity contribution in [3.05, 3.63) is 30.1 Å². The molecule has 17 heavy (non-hydrogen) atoms. The van der Waals surface area contributed by atoms with Crippen molar-refractivity contribution in [1.82, 2.24) is 15.6 Å². The molecule has 2 atom stereocenters. The molecule has 94 valence electrons. The van der Waals surface area contributed by atoms with E-state index in [9.17, 15) is 4.79 Å². The van der Waals surface area contributed by atoms with Gasteiger partial charge in [0.25, 0.3) is 0 Å². The van der Waals surface area contributed by atoms with Crippen LogP contribution >= 0.6 is 0 Å². The van der Waals surface area contributed by atoms with Gasteiger partial charge in [0.1, 0.15) is 0 Å². The summed E-state index contributed by atoms with van der Waals surface area (Å²) < 4.78 is 0. The number of carbonyl (C=O) groups is 1. The van der Waals surface area contributed by atoms with Crippen molar-refractivity contribution in [3.8, 4) is 0 Å². The third-order valence-corrected chi connectivity index (χ3v) is 2.81. The lowest BCUT2D eigenvalue weighted by Gasteiger charge is -2.16. The first-order chi connectivity index (χ1) is 8.13. The van der Waals surface area contributed by atoms with E-state index in [1.807, 2.05) is 19.1 Å². The molecular weight excluding hydrogens is 214 g/mol. The fraction of sp³-hybridized carbons (Fsp3) is 0.538. The lowest BCUT2D eigenvalue weighted by atomic mass is 10.1. The molecule has 1 amide bonds. The third kappa shape index (κ3) is 4.95. The quantitative estimate of drug-likeness (QED) is 0.788. The van der Waals surface area contributed by atoms with Gasteiger partial charge in [-0.3, -0.25) is 9.78 Å². The monoisotopic (exact) mass is 235 g/mol. The summed E-state index contributed by atoms with van der Waals surface area (Å²) in [6, 6.07) is 4.21. The number of hydrogen-bond donors (Lipinski definition) is 2. The van der Waals surface area contributed by atoms with Crippen molar-refractivity contribution in [3.63, 3.8) is 0 Å². The molecule has 1 aromatic heterocycles. The van der Waals surface area contributed by atoms with Gasteiger partial charge in [-0.05, 0) is 38.0 Å². The summed E-state index contributed by atoms with van der Waals surface area (Å²) >= 11 is 0. The molecular formula is C13H21N3O. The molecule has 4 nitrogen and oxygen atoms in total. The van der Waals surface area contributed by atoms with Crippen molar-refractivity contribution < 1.29 is 4.79 Å². The van der Waals surface area contributed by atoms with Gasteiger partial charge in [-0.1, -0.05) is 6.92 Å². The second-order valence-electron chi connectivity index (χ2n) is 4.26. The Labute approximate surface area is 103 Å². The molecule has 0 saturated heterocycles. The highest BCUT2D eigenvalue weighted by molar-refractivity contribution is 5.78. The van der Waals surface area contributed by atoms with E-state index in [1.165, 1.54) is 0 Å². The number of pyridine rings is 1. The summed E-state index contributed by atoms with van der Waals surface area (Å²) in [5, 5.41) is 6.11. The lowest BCUT2D eigenvalue weighted by Crippen LogP contribution is -2.38. The standard InChI is InChI=1S/C13H21N3O/c1-4-10(2)15-9-13(17)16-11(3)12-5-7-14-8-6-12/h5-8,10-11,15H,4,9H2,1-3H3,(H,16,17)/t10?,11-/m0/s1. The molecule has 0 fully saturated rings. The molecule has 0 spiro atoms. The van der Waals surface area contributed by atoms with Crippen LogP contribution in [0.2, 0.25) is 0 Å². The summed E-state index contributed by atoms with van der Waals surface area (Å²) in [6.07, 6.45) is 4.48. The van der Waals surface area contributed by atoms with E-state index in [0.29, 0.717) is 12.6 Å². The number of rotatable bonds is 6. The van der Waals surface area contributed by atoms with E-state index in [4.69, 9.17) is 0 Å². The first-order valence-electron chi connectivity index (χ1n) is 6.06. The average molecular weight is 235 g/mol. The lowest BCUT2D eigenvalue weighted by molar-refractivity contribution is -0.121. The first-order valence-corrected chi connectivity index (χ1v) is 6.06. The number of carbonyl (C=O) groups excluding carboxylic acids is 1. The maximum Gasteiger partial charge on any atom is 0.234 e. The van der Waals surface area contributed by atoms with E-state index in [-0.39, 0.29) is 11.9 Å². The van der Waals surface area contributed by atoms with Gasteiger partial charge in [-0.15, -0.1) is 0 Å². The van der Waals surface area contributed by atoms with Gasteiger partial charge in [0.2, 0.25) is 5.91 Å². The van der Waals surface area contributed by atoms with E-state index in [1.54, 1.807) is 12.4 Å². The second-order valence-corrected chi connectivity index (χ2v) is 4.26. The molecule has 0 aromatic carbocycles. The van der Waals surface area contributed by atoms with Gasteiger partial charge in [0, 0.05) is 18.4 Å². The zero-order valence-corrected chi connectivity index (χ0v) is 10.7. The van der Waals surface area contributed by atoms with Crippen LogP contribution in [0.1, 0.15) is 38.8 Å². The minimum Gasteiger partial charge on any atom is -0.348 e. The maximum absolute atomic E-state index is 11.7. The van der Waals surface area contributed by atoms with Crippen LogP contribution in [-0.4, -0.2) is 23.5 Å². The Morgan fingerprint density at radius 3 is 2.59 bits per heavy atom. The second kappa shape index (κ2) is 7.01. The number of amides is 1. The van der Waals surface area contributed by atoms with Gasteiger partial charge in [0.05, 0.1) is 12.6 Å². The SMILES string of the molecule is CCC(C)NCC(=O)N[C@@H](C)c1ccncc1. The van der Waals surface area contributed by atoms with E-state index >= 15 is 0 Å². The topological polar surface area (TPSA) is 54.0 Å². The summed E-state index contributed by atoms with van der Waals surface area (Å²) in [6.45, 7) is 6.50. The van der Waals surface area contributed by atoms with Crippen LogP contribution in [0.5, 0.6) is 0 Å². The van der Waals surface area contributed by atoms with E-state index in [0.717, 1.165) is 12.0 Å². The molecule has 0 aliphatic carbocycles. The number of aromatic nitrogens is 1. The largest absolute Gasteiger partial charge is 0.348 e. The van der Waals surface area contributed by atoms with Gasteiger partial charge in [-0.2, -0.15) is 0 Å². The Kier molecular flexibility index (Phi) is 5.63. The Morgan fingerprint density at radius 1 is 1.35 bits per heavy atom. The zero-order valence-electron chi connectivity index (χ0n) is 10.7. The number of hydrogen-bond acceptors (Lipinski definition) is 3. The molecule has 1 unspecified atom stereocenters. The molecule has 4 heteroatoms. The predicted octanol–water partition coefficient (Wildman–Crippen LogP) is 1.65. The van der Waals surface area contributed by atoms with Crippen LogP contribution in [0.15, 0.2) is 24.5 Å². The molecule has 0 radical (unpaired) electrons. The van der Waals surface area contributed by atoms with Crippen LogP contribution in [0.4, 0.5) is 0 Å². The molecule has 0 saturated carbocycles. The van der Waals surface area contributed by atoms with Crippen molar-refractivity contribution in [2.75, 3.05) is 6.54 Å². The van der Waals surface area contributed by atoms with Gasteiger partial charge >= 0.3 is 0 Å². The normalized spacial score (nSPS) is 14.1. The summed E-state index contributed by atoms with van der Waals surface area (Å²) in [4.78, 5) is 15.6. The summed E-state index contributed by atoms with van der Waals surface area (Å²) in [5.41, 5.74) is 1.07. The highest BCUT2D eigenvalue weighted by Gasteiger charge is 2.09. The predicted molar refractivity (Wildman–Crippen MR) is 68.6 cm³/mol. The summed E-state index contributed by atoms with van der Waals surface area (Å²) in [7, 11) is 0. The zero-order chi connectivity index (χ0) is 12.7. The minimum atomic E-state index is 0.0178. The van der Waals surface area contributed by atoms with E-state index < -0.39 is 0 Å². The van der Waals surface area contributed by atoms with Crippen molar-refractivity contribution >= 4 is 5.91 Å². The van der Waals surface area contributed by atoms with Crippen LogP contribution in [-0.2, 0) is 4.79 Å². The van der Waals surface area contributed by atoms with Crippen molar-refractivity contribution in [2.45, 2.75) is 39.3 Å². The van der Waals surface area contributed by atoms with E-state index in [2.05, 4.69) is 29.5 Å². The van der Waals surface area contributed by atoms with Gasteiger partial charge < -0.3 is 10.6 Å². The van der Waals surface area contributed by atoms with Crippen LogP contribution in [0.3, 0.4) is 0 Å². The summed E-state index contributed by atoms with van der Waals surface area (Å²) in [5.74, 6) is 0.0228. The Balaban J connectivity index is 2.36. The molecule has 1 heterocycles. The maximum atomic E-state index is 11.7. The molecule has 0 aliphatic rings. The van der Waals surface area contributed by atoms with Gasteiger partial charge in [0.15, 0.2) is 0 Å². The van der Waals surface area contributed by atoms with Crippen molar-refractivity contribution in [1.29, 1.82) is 0 Å². The Morgan fingerprint density at radius 2 is 2.00 bits per heavy atom. The molecule has 1 aromatic rings. The smallest absolute Gasteiger partial charge is 0.234 e. The number of nitrogens with zero attached hydrogens (tertiary/aromatic N) is 1. The first kappa shape index (κ1) is 13.6. The van der Waals surface area contributed by atoms with Crippen molar-refractivity contribution in [2.24, 2.45) is 0 Å². The Hall–Kier alpha value is -1.42. The van der Waals surface area contributed by atoms with Crippen LogP contribution in [0.25, 0.3) is 0 Å². The number of nitrogens with one attached hydrogen (secondary N) is 2. The fourth-order valence-electron chi connectivity index (χ4n) is 1.44. The third-order valence-electron chi connectivity index (χ3n) is 2.81. The highest BCUT2D eigenvalue weighted by Crippen LogP contribution is 2.09. The van der Waals surface area contributed by atoms with Gasteiger partial charge in [-0.25, -0.2) is 0 Å². The van der Waals surface area contributed by atoms with Crippen LogP contribution in [0, 0.1) is 0 Å². The van der Waals surface area contributed by atoms with Crippen LogP contribution < -0.4 is 10.6 Å².